The molecule has 0 aromatic carbocycles. The molecule has 506 valence electrons. The molecule has 1 aliphatic heterocycles. The summed E-state index contributed by atoms with van der Waals surface area (Å²) in [6.45, 7) is 14.2. The maximum atomic E-state index is 13.4. The molecule has 1 saturated heterocycles. The van der Waals surface area contributed by atoms with E-state index in [2.05, 4.69) is 75.8 Å². The first-order valence-corrected chi connectivity index (χ1v) is 42.5. The maximum Gasteiger partial charge on any atom is 0.389 e. The van der Waals surface area contributed by atoms with Gasteiger partial charge in [0.25, 0.3) is 0 Å². The van der Waals surface area contributed by atoms with E-state index in [1.54, 1.807) is 13.8 Å². The van der Waals surface area contributed by atoms with Gasteiger partial charge in [-0.1, -0.05) is 65.1 Å². The normalized spacial score (nSPS) is 13.0. The minimum Gasteiger partial charge on any atom is -0.478 e. The standard InChI is InChI=1S/C24H49N2O5PS3.C14H33N2O3PS3.C6H17N2O3PS.C5H8O2.C4H8S.H2O/c1-23(2,3)21(27)33-15-11-9-13-30-32(29,35-19-20(17-25-7)18-26-8)31-14-10-12-16-34-22(28)24(4,5)6;1-15-11-14(12-16-2)13-23-20(17,18-7-3-5-9-21)19-8-4-6-10-22;1-7-3-6(4-8-2)5-13-12(9,10)11;1-5(2,3)4(6)7;1-2-4-5-3-1;/h20,25-26H,9-19H2,1-8H3;14-16,21-22H,3-13H2,1-2H3;6-8H,3-5H2,1-2H3,(H2,9,10,11);1H2,2-3H3;1-4H2;1H2/p+2. The highest BCUT2D eigenvalue weighted by Crippen LogP contribution is 2.62. The molecule has 0 bridgehead atoms. The number of thioether (sulfide) groups is 3. The third kappa shape index (κ3) is 63.8. The second-order valence-corrected chi connectivity index (χ2v) is 38.4. The summed E-state index contributed by atoms with van der Waals surface area (Å²) in [5, 5.41) is 27.2. The molecule has 0 radical (unpaired) electrons. The van der Waals surface area contributed by atoms with Gasteiger partial charge in [-0.05, 0) is 235 Å². The maximum absolute atomic E-state index is 13.4. The second-order valence-electron chi connectivity index (χ2n) is 22.1. The van der Waals surface area contributed by atoms with Crippen LogP contribution in [0.4, 0.5) is 0 Å². The Labute approximate surface area is 546 Å². The summed E-state index contributed by atoms with van der Waals surface area (Å²) < 4.78 is 59.7. The smallest absolute Gasteiger partial charge is 0.389 e. The van der Waals surface area contributed by atoms with Crippen molar-refractivity contribution in [3.8, 4) is 0 Å². The Morgan fingerprint density at radius 3 is 0.988 bits per heavy atom. The van der Waals surface area contributed by atoms with Crippen LogP contribution >= 0.6 is 115 Å². The number of nitrogens with one attached hydrogen (secondary N) is 6. The molecule has 31 heteroatoms. The van der Waals surface area contributed by atoms with Crippen LogP contribution in [0.3, 0.4) is 0 Å². The van der Waals surface area contributed by atoms with Gasteiger partial charge in [0.2, 0.25) is 0 Å². The number of carboxylic acids is 1. The third-order valence-electron chi connectivity index (χ3n) is 10.6. The molecule has 0 aliphatic carbocycles. The average Bonchev–Trinajstić information content (AvgIpc) is 4.07. The predicted molar refractivity (Wildman–Crippen MR) is 379 cm³/mol. The Bertz CT molecular complexity index is 1640. The van der Waals surface area contributed by atoms with Crippen LogP contribution in [0.1, 0.15) is 120 Å². The summed E-state index contributed by atoms with van der Waals surface area (Å²) in [5.41, 5.74) is -1.51. The van der Waals surface area contributed by atoms with Crippen LogP contribution in [0.2, 0.25) is 0 Å². The number of rotatable bonds is 44. The average molecular weight is 1410 g/mol. The van der Waals surface area contributed by atoms with E-state index in [0.29, 0.717) is 61.2 Å². The van der Waals surface area contributed by atoms with Crippen LogP contribution in [0.5, 0.6) is 0 Å². The lowest BCUT2D eigenvalue weighted by Gasteiger charge is -2.21. The summed E-state index contributed by atoms with van der Waals surface area (Å²) in [5.74, 6) is 7.84. The van der Waals surface area contributed by atoms with E-state index in [0.717, 1.165) is 119 Å². The fraction of sp³-hybridized carbons (Fsp3) is 0.925. The van der Waals surface area contributed by atoms with Crippen LogP contribution in [0.15, 0.2) is 0 Å². The van der Waals surface area contributed by atoms with Crippen molar-refractivity contribution in [3.63, 3.8) is 0 Å². The lowest BCUT2D eigenvalue weighted by atomic mass is 9.98. The van der Waals surface area contributed by atoms with Crippen LogP contribution in [-0.4, -0.2) is 191 Å². The summed E-state index contributed by atoms with van der Waals surface area (Å²) >= 11 is 16.4. The van der Waals surface area contributed by atoms with E-state index in [1.807, 2.05) is 83.8 Å². The Kier molecular flexibility index (Phi) is 65.7. The minimum absolute atomic E-state index is 0. The number of hydrogen-bond acceptors (Lipinski definition) is 24. The molecule has 0 spiro atoms. The molecule has 1 rings (SSSR count). The summed E-state index contributed by atoms with van der Waals surface area (Å²) in [7, 11) is 11.3. The number of thiol groups is 2. The van der Waals surface area contributed by atoms with Crippen molar-refractivity contribution in [1.29, 1.82) is 0 Å². The van der Waals surface area contributed by atoms with Gasteiger partial charge in [0, 0.05) is 39.6 Å². The molecule has 0 atom stereocenters. The zero-order chi connectivity index (χ0) is 64.3. The van der Waals surface area contributed by atoms with Gasteiger partial charge in [0.05, 0.1) is 33.4 Å². The van der Waals surface area contributed by atoms with E-state index < -0.39 is 31.8 Å². The van der Waals surface area contributed by atoms with Crippen molar-refractivity contribution in [3.05, 3.63) is 6.92 Å². The van der Waals surface area contributed by atoms with E-state index in [9.17, 15) is 28.1 Å². The van der Waals surface area contributed by atoms with Crippen molar-refractivity contribution in [2.45, 2.75) is 120 Å². The van der Waals surface area contributed by atoms with Gasteiger partial charge in [-0.25, -0.2) is 18.5 Å². The molecule has 84 heavy (non-hydrogen) atoms. The molecule has 0 saturated carbocycles. The minimum atomic E-state index is -3.91. The molecule has 1 fully saturated rings. The molecule has 0 unspecified atom stereocenters. The van der Waals surface area contributed by atoms with Crippen molar-refractivity contribution < 1.29 is 66.5 Å². The van der Waals surface area contributed by atoms with Gasteiger partial charge in [0.15, 0.2) is 15.6 Å². The Morgan fingerprint density at radius 1 is 0.524 bits per heavy atom. The number of carbonyl (C=O) groups is 3. The number of carbonyl (C=O) groups excluding carboxylic acids is 2. The van der Waals surface area contributed by atoms with Crippen LogP contribution in [0.25, 0.3) is 0 Å². The van der Waals surface area contributed by atoms with Gasteiger partial charge >= 0.3 is 26.4 Å². The fourth-order valence-electron chi connectivity index (χ4n) is 5.94. The van der Waals surface area contributed by atoms with Crippen molar-refractivity contribution in [2.75, 3.05) is 160 Å². The first-order valence-electron chi connectivity index (χ1n) is 28.7. The van der Waals surface area contributed by atoms with E-state index in [-0.39, 0.29) is 32.5 Å². The molecule has 1 heterocycles. The number of unbranched alkanes of at least 4 members (excludes halogenated alkanes) is 4. The molecule has 0 aromatic heterocycles. The fourth-order valence-corrected chi connectivity index (χ4v) is 18.5. The molecule has 12 N–H and O–H groups in total. The molecular weight excluding hydrogens is 1290 g/mol. The Balaban J connectivity index is -0.000000359. The Morgan fingerprint density at radius 2 is 0.786 bits per heavy atom. The first kappa shape index (κ1) is 94.4. The van der Waals surface area contributed by atoms with Crippen molar-refractivity contribution in [1.82, 2.24) is 31.9 Å². The first-order chi connectivity index (χ1) is 38.8. The summed E-state index contributed by atoms with van der Waals surface area (Å²) in [6.07, 6.45) is 9.62. The number of hydrogen-bond donors (Lipinski definition) is 11. The predicted octanol–water partition coefficient (Wildman–Crippen LogP) is 10.8. The second kappa shape index (κ2) is 58.5. The summed E-state index contributed by atoms with van der Waals surface area (Å²) in [6, 6.07) is 0. The highest BCUT2D eigenvalue weighted by atomic mass is 32.7. The van der Waals surface area contributed by atoms with E-state index >= 15 is 0 Å². The quantitative estimate of drug-likeness (QED) is 0.00888. The molecule has 1 aliphatic rings. The van der Waals surface area contributed by atoms with Gasteiger partial charge in [0.1, 0.15) is 0 Å². The van der Waals surface area contributed by atoms with Gasteiger partial charge < -0.3 is 70.4 Å². The Hall–Kier alpha value is 1.65. The van der Waals surface area contributed by atoms with Gasteiger partial charge in [-0.3, -0.25) is 9.59 Å². The van der Waals surface area contributed by atoms with Crippen LogP contribution < -0.4 is 31.9 Å². The molecular formula is C53H119N6O14P3S8+2. The molecule has 0 amide bonds. The zero-order valence-electron chi connectivity index (χ0n) is 53.6. The van der Waals surface area contributed by atoms with Gasteiger partial charge in [-0.2, -0.15) is 37.0 Å². The lowest BCUT2D eigenvalue weighted by molar-refractivity contribution is -0.144. The molecule has 0 aromatic rings. The number of aliphatic carboxylic acids is 1. The largest absolute Gasteiger partial charge is 0.478 e. The summed E-state index contributed by atoms with van der Waals surface area (Å²) in [4.78, 5) is 51.3. The SMILES string of the molecule is C1CCSC1.CNCC(CNC)CSP(=O)(O)O.CNCC(CNC)CSP(=O)(OCCCCS)OCCCCS.CNCC(CNC)CSP(=O)(OCCCCSC(=O)C(C)(C)C)OCCCCSC(=O)C(C)(C)C.[CH2+]C(C)(C)C(=O)O.[OH3+]. The zero-order valence-corrected chi connectivity index (χ0v) is 63.0. The topological polar surface area (TPSA) is 305 Å². The van der Waals surface area contributed by atoms with Gasteiger partial charge in [-0.15, -0.1) is 0 Å². The van der Waals surface area contributed by atoms with Crippen LogP contribution in [0, 0.1) is 40.9 Å². The highest BCUT2D eigenvalue weighted by Gasteiger charge is 2.30. The monoisotopic (exact) mass is 1410 g/mol. The lowest BCUT2D eigenvalue weighted by Crippen LogP contribution is -2.29. The van der Waals surface area contributed by atoms with E-state index in [4.69, 9.17) is 33.0 Å². The van der Waals surface area contributed by atoms with Crippen molar-refractivity contribution >= 4 is 131 Å². The van der Waals surface area contributed by atoms with E-state index in [1.165, 1.54) is 70.6 Å². The van der Waals surface area contributed by atoms with Crippen LogP contribution in [-0.2, 0) is 51.6 Å². The van der Waals surface area contributed by atoms with Crippen molar-refractivity contribution in [2.24, 2.45) is 34.0 Å². The third-order valence-corrected chi connectivity index (χ3v) is 25.5. The highest BCUT2D eigenvalue weighted by molar-refractivity contribution is 8.55. The molecule has 20 nitrogen and oxygen atoms in total. The number of carboxylic acid groups (broad SMARTS) is 1.